The zero-order chi connectivity index (χ0) is 18.0. The molecule has 5 heteroatoms. The number of amides is 1. The van der Waals surface area contributed by atoms with Gasteiger partial charge < -0.3 is 14.5 Å². The smallest absolute Gasteiger partial charge is 0.349 e. The van der Waals surface area contributed by atoms with Crippen LogP contribution in [-0.4, -0.2) is 12.5 Å². The number of hydrogen-bond acceptors (Lipinski definition) is 4. The fourth-order valence-corrected chi connectivity index (χ4v) is 2.58. The van der Waals surface area contributed by atoms with Crippen LogP contribution in [0.2, 0.25) is 0 Å². The Morgan fingerprint density at radius 2 is 1.96 bits per heavy atom. The summed E-state index contributed by atoms with van der Waals surface area (Å²) in [5, 5.41) is 3.44. The lowest BCUT2D eigenvalue weighted by molar-refractivity contribution is 0.102. The molecule has 0 aliphatic heterocycles. The molecule has 0 unspecified atom stereocenters. The molecule has 1 heterocycles. The monoisotopic (exact) mass is 337 g/mol. The molecule has 1 N–H and O–H groups in total. The third kappa shape index (κ3) is 3.40. The van der Waals surface area contributed by atoms with Crippen molar-refractivity contribution in [3.63, 3.8) is 0 Å². The molecule has 1 aromatic heterocycles. The van der Waals surface area contributed by atoms with Gasteiger partial charge in [0.25, 0.3) is 5.91 Å². The standard InChI is InChI=1S/C20H19NO4/c1-4-24-15-9-8-14-10-16(20(23)25-18(14)11-15)19(22)21-17-7-5-6-12(2)13(17)3/h5-11H,4H2,1-3H3,(H,21,22). The average Bonchev–Trinajstić information content (AvgIpc) is 2.58. The van der Waals surface area contributed by atoms with E-state index in [1.807, 2.05) is 32.9 Å². The van der Waals surface area contributed by atoms with Crippen LogP contribution in [0.15, 0.2) is 51.7 Å². The second kappa shape index (κ2) is 6.81. The lowest BCUT2D eigenvalue weighted by Gasteiger charge is -2.10. The maximum atomic E-state index is 12.5. The maximum absolute atomic E-state index is 12.5. The molecule has 2 aromatic carbocycles. The van der Waals surface area contributed by atoms with Crippen LogP contribution in [0, 0.1) is 13.8 Å². The van der Waals surface area contributed by atoms with E-state index in [9.17, 15) is 9.59 Å². The SMILES string of the molecule is CCOc1ccc2cc(C(=O)Nc3cccc(C)c3C)c(=O)oc2c1. The number of rotatable bonds is 4. The first-order valence-corrected chi connectivity index (χ1v) is 8.08. The summed E-state index contributed by atoms with van der Waals surface area (Å²) in [5.41, 5.74) is 2.38. The molecule has 128 valence electrons. The summed E-state index contributed by atoms with van der Waals surface area (Å²) < 4.78 is 10.7. The van der Waals surface area contributed by atoms with E-state index in [1.165, 1.54) is 6.07 Å². The molecule has 0 aliphatic carbocycles. The van der Waals surface area contributed by atoms with Crippen LogP contribution in [0.25, 0.3) is 11.0 Å². The van der Waals surface area contributed by atoms with Crippen LogP contribution in [0.3, 0.4) is 0 Å². The Morgan fingerprint density at radius 1 is 1.16 bits per heavy atom. The summed E-state index contributed by atoms with van der Waals surface area (Å²) in [6, 6.07) is 12.3. The van der Waals surface area contributed by atoms with E-state index in [0.29, 0.717) is 29.0 Å². The van der Waals surface area contributed by atoms with Gasteiger partial charge in [-0.2, -0.15) is 0 Å². The van der Waals surface area contributed by atoms with Crippen molar-refractivity contribution in [1.82, 2.24) is 0 Å². The molecule has 0 saturated carbocycles. The molecule has 0 bridgehead atoms. The van der Waals surface area contributed by atoms with Crippen molar-refractivity contribution in [3.05, 3.63) is 69.6 Å². The zero-order valence-corrected chi connectivity index (χ0v) is 14.4. The summed E-state index contributed by atoms with van der Waals surface area (Å²) >= 11 is 0. The zero-order valence-electron chi connectivity index (χ0n) is 14.4. The van der Waals surface area contributed by atoms with Gasteiger partial charge in [0.2, 0.25) is 0 Å². The third-order valence-corrected chi connectivity index (χ3v) is 4.12. The fraction of sp³-hybridized carbons (Fsp3) is 0.200. The van der Waals surface area contributed by atoms with E-state index in [1.54, 1.807) is 24.3 Å². The van der Waals surface area contributed by atoms with Crippen molar-refractivity contribution >= 4 is 22.6 Å². The number of aryl methyl sites for hydroxylation is 1. The number of carbonyl (C=O) groups is 1. The highest BCUT2D eigenvalue weighted by atomic mass is 16.5. The van der Waals surface area contributed by atoms with Gasteiger partial charge in [0, 0.05) is 17.1 Å². The van der Waals surface area contributed by atoms with Gasteiger partial charge in [-0.25, -0.2) is 4.79 Å². The Balaban J connectivity index is 1.96. The van der Waals surface area contributed by atoms with Crippen molar-refractivity contribution < 1.29 is 13.9 Å². The molecule has 3 aromatic rings. The van der Waals surface area contributed by atoms with Crippen LogP contribution in [0.5, 0.6) is 5.75 Å². The van der Waals surface area contributed by atoms with Crippen molar-refractivity contribution in [2.24, 2.45) is 0 Å². The van der Waals surface area contributed by atoms with Gasteiger partial charge in [-0.3, -0.25) is 4.79 Å². The van der Waals surface area contributed by atoms with Gasteiger partial charge in [0.1, 0.15) is 16.9 Å². The second-order valence-electron chi connectivity index (χ2n) is 5.78. The minimum atomic E-state index is -0.677. The molecule has 0 aliphatic rings. The molecular formula is C20H19NO4. The third-order valence-electron chi connectivity index (χ3n) is 4.12. The number of carbonyl (C=O) groups excluding carboxylic acids is 1. The lowest BCUT2D eigenvalue weighted by Crippen LogP contribution is -2.21. The Labute approximate surface area is 145 Å². The van der Waals surface area contributed by atoms with Crippen LogP contribution >= 0.6 is 0 Å². The van der Waals surface area contributed by atoms with Crippen LogP contribution in [0.1, 0.15) is 28.4 Å². The second-order valence-corrected chi connectivity index (χ2v) is 5.78. The van der Waals surface area contributed by atoms with Crippen molar-refractivity contribution in [3.8, 4) is 5.75 Å². The number of hydrogen-bond donors (Lipinski definition) is 1. The lowest BCUT2D eigenvalue weighted by atomic mass is 10.1. The van der Waals surface area contributed by atoms with E-state index in [2.05, 4.69) is 5.32 Å². The molecule has 0 fully saturated rings. The first-order valence-electron chi connectivity index (χ1n) is 8.08. The number of anilines is 1. The molecule has 5 nitrogen and oxygen atoms in total. The van der Waals surface area contributed by atoms with Gasteiger partial charge in [-0.15, -0.1) is 0 Å². The predicted octanol–water partition coefficient (Wildman–Crippen LogP) is 4.06. The van der Waals surface area contributed by atoms with Crippen LogP contribution in [0.4, 0.5) is 5.69 Å². The van der Waals surface area contributed by atoms with E-state index in [4.69, 9.17) is 9.15 Å². The number of fused-ring (bicyclic) bond motifs is 1. The Morgan fingerprint density at radius 3 is 2.72 bits per heavy atom. The quantitative estimate of drug-likeness (QED) is 0.729. The summed E-state index contributed by atoms with van der Waals surface area (Å²) in [4.78, 5) is 24.7. The Hall–Kier alpha value is -3.08. The number of ether oxygens (including phenoxy) is 1. The Bertz CT molecular complexity index is 1000. The largest absolute Gasteiger partial charge is 0.494 e. The van der Waals surface area contributed by atoms with Crippen LogP contribution in [-0.2, 0) is 0 Å². The molecule has 1 amide bonds. The fourth-order valence-electron chi connectivity index (χ4n) is 2.58. The minimum absolute atomic E-state index is 0.0300. The summed E-state index contributed by atoms with van der Waals surface area (Å²) in [7, 11) is 0. The van der Waals surface area contributed by atoms with E-state index in [-0.39, 0.29) is 5.56 Å². The van der Waals surface area contributed by atoms with Crippen LogP contribution < -0.4 is 15.7 Å². The van der Waals surface area contributed by atoms with Crippen molar-refractivity contribution in [2.45, 2.75) is 20.8 Å². The normalized spacial score (nSPS) is 10.7. The predicted molar refractivity (Wildman–Crippen MR) is 97.5 cm³/mol. The molecule has 25 heavy (non-hydrogen) atoms. The molecular weight excluding hydrogens is 318 g/mol. The number of benzene rings is 2. The van der Waals surface area contributed by atoms with Gasteiger partial charge in [0.15, 0.2) is 0 Å². The van der Waals surface area contributed by atoms with Gasteiger partial charge in [0.05, 0.1) is 6.61 Å². The minimum Gasteiger partial charge on any atom is -0.494 e. The molecule has 0 spiro atoms. The average molecular weight is 337 g/mol. The first-order chi connectivity index (χ1) is 12.0. The number of nitrogens with one attached hydrogen (secondary N) is 1. The molecule has 0 atom stereocenters. The van der Waals surface area contributed by atoms with Gasteiger partial charge >= 0.3 is 5.63 Å². The summed E-state index contributed by atoms with van der Waals surface area (Å²) in [6.07, 6.45) is 0. The van der Waals surface area contributed by atoms with Crippen molar-refractivity contribution in [1.29, 1.82) is 0 Å². The van der Waals surface area contributed by atoms with E-state index < -0.39 is 11.5 Å². The molecule has 0 radical (unpaired) electrons. The van der Waals surface area contributed by atoms with E-state index in [0.717, 1.165) is 11.1 Å². The first kappa shape index (κ1) is 16.8. The highest BCUT2D eigenvalue weighted by molar-refractivity contribution is 6.05. The summed E-state index contributed by atoms with van der Waals surface area (Å²) in [6.45, 7) is 6.28. The molecule has 3 rings (SSSR count). The van der Waals surface area contributed by atoms with Crippen molar-refractivity contribution in [2.75, 3.05) is 11.9 Å². The Kier molecular flexibility index (Phi) is 4.57. The topological polar surface area (TPSA) is 68.5 Å². The summed E-state index contributed by atoms with van der Waals surface area (Å²) in [5.74, 6) is 0.129. The van der Waals surface area contributed by atoms with Gasteiger partial charge in [-0.1, -0.05) is 12.1 Å². The highest BCUT2D eigenvalue weighted by Gasteiger charge is 2.15. The van der Waals surface area contributed by atoms with E-state index >= 15 is 0 Å². The highest BCUT2D eigenvalue weighted by Crippen LogP contribution is 2.22. The maximum Gasteiger partial charge on any atom is 0.349 e. The van der Waals surface area contributed by atoms with Gasteiger partial charge in [-0.05, 0) is 56.2 Å². The molecule has 0 saturated heterocycles.